The van der Waals surface area contributed by atoms with Crippen molar-refractivity contribution < 1.29 is 9.53 Å². The van der Waals surface area contributed by atoms with E-state index in [0.717, 1.165) is 0 Å². The first kappa shape index (κ1) is 11.9. The molecule has 1 aromatic heterocycles. The fraction of sp³-hybridized carbons (Fsp3) is 0.500. The third kappa shape index (κ3) is 2.89. The van der Waals surface area contributed by atoms with Gasteiger partial charge in [0.05, 0.1) is 12.8 Å². The molecule has 0 radical (unpaired) electrons. The highest BCUT2D eigenvalue weighted by molar-refractivity contribution is 6.29. The van der Waals surface area contributed by atoms with Crippen molar-refractivity contribution in [2.75, 3.05) is 7.11 Å². The molecule has 1 heterocycles. The molecule has 0 saturated carbocycles. The lowest BCUT2D eigenvalue weighted by atomic mass is 9.92. The molecule has 0 atom stereocenters. The summed E-state index contributed by atoms with van der Waals surface area (Å²) in [6, 6.07) is 1.65. The minimum atomic E-state index is -0.581. The van der Waals surface area contributed by atoms with Crippen molar-refractivity contribution >= 4 is 17.6 Å². The Kier molecular flexibility index (Phi) is 3.29. The number of halogens is 1. The molecule has 0 unspecified atom stereocenters. The van der Waals surface area contributed by atoms with Crippen LogP contribution in [0.5, 0.6) is 0 Å². The van der Waals surface area contributed by atoms with E-state index in [1.807, 2.05) is 20.8 Å². The van der Waals surface area contributed by atoms with Gasteiger partial charge in [0.25, 0.3) is 0 Å². The molecule has 0 aliphatic carbocycles. The lowest BCUT2D eigenvalue weighted by Crippen LogP contribution is -2.17. The third-order valence-corrected chi connectivity index (χ3v) is 2.02. The molecule has 82 valence electrons. The fourth-order valence-corrected chi connectivity index (χ4v) is 1.17. The average Bonchev–Trinajstić information content (AvgIpc) is 2.14. The number of hydrogen-bond donors (Lipinski definition) is 0. The molecule has 0 aliphatic heterocycles. The monoisotopic (exact) mass is 228 g/mol. The van der Waals surface area contributed by atoms with Crippen LogP contribution in [-0.4, -0.2) is 23.0 Å². The van der Waals surface area contributed by atoms with Gasteiger partial charge in [-0.15, -0.1) is 0 Å². The van der Waals surface area contributed by atoms with Crippen molar-refractivity contribution in [2.24, 2.45) is 0 Å². The van der Waals surface area contributed by atoms with Gasteiger partial charge in [0.15, 0.2) is 0 Å². The Morgan fingerprint density at radius 2 is 2.00 bits per heavy atom. The summed E-state index contributed by atoms with van der Waals surface area (Å²) < 4.78 is 4.54. The predicted octanol–water partition coefficient (Wildman–Crippen LogP) is 2.21. The second-order valence-electron chi connectivity index (χ2n) is 4.14. The number of nitrogens with zero attached hydrogens (tertiary/aromatic N) is 2. The van der Waals surface area contributed by atoms with E-state index in [1.165, 1.54) is 7.11 Å². The highest BCUT2D eigenvalue weighted by Gasteiger charge is 2.20. The van der Waals surface area contributed by atoms with Crippen LogP contribution in [-0.2, 0) is 10.2 Å². The lowest BCUT2D eigenvalue weighted by Gasteiger charge is -2.17. The van der Waals surface area contributed by atoms with Crippen LogP contribution in [0.1, 0.15) is 37.1 Å². The second-order valence-corrected chi connectivity index (χ2v) is 4.53. The van der Waals surface area contributed by atoms with E-state index in [4.69, 9.17) is 11.6 Å². The van der Waals surface area contributed by atoms with Crippen LogP contribution in [0.25, 0.3) is 0 Å². The normalized spacial score (nSPS) is 11.3. The molecule has 0 spiro atoms. The molecular formula is C10H13ClN2O2. The van der Waals surface area contributed by atoms with E-state index >= 15 is 0 Å². The Morgan fingerprint density at radius 1 is 1.40 bits per heavy atom. The maximum Gasteiger partial charge on any atom is 0.376 e. The first-order valence-electron chi connectivity index (χ1n) is 4.48. The van der Waals surface area contributed by atoms with Gasteiger partial charge >= 0.3 is 5.97 Å². The summed E-state index contributed by atoms with van der Waals surface area (Å²) in [6.07, 6.45) is 0. The Balaban J connectivity index is 3.23. The zero-order chi connectivity index (χ0) is 11.6. The number of esters is 1. The molecular weight excluding hydrogens is 216 g/mol. The third-order valence-electron chi connectivity index (χ3n) is 1.83. The molecule has 0 amide bonds. The zero-order valence-electron chi connectivity index (χ0n) is 9.17. The topological polar surface area (TPSA) is 52.1 Å². The molecule has 1 rings (SSSR count). The summed E-state index contributed by atoms with van der Waals surface area (Å²) in [6.45, 7) is 5.94. The van der Waals surface area contributed by atoms with Gasteiger partial charge in [0, 0.05) is 5.41 Å². The van der Waals surface area contributed by atoms with E-state index in [9.17, 15) is 4.79 Å². The number of hydrogen-bond acceptors (Lipinski definition) is 4. The Morgan fingerprint density at radius 3 is 2.47 bits per heavy atom. The number of ether oxygens (including phenoxy) is 1. The molecule has 0 aliphatic rings. The van der Waals surface area contributed by atoms with Crippen molar-refractivity contribution in [3.63, 3.8) is 0 Å². The predicted molar refractivity (Wildman–Crippen MR) is 57.1 cm³/mol. The molecule has 5 heteroatoms. The van der Waals surface area contributed by atoms with Gasteiger partial charge in [-0.05, 0) is 6.07 Å². The molecule has 0 fully saturated rings. The van der Waals surface area contributed by atoms with Crippen LogP contribution in [0.2, 0.25) is 5.15 Å². The summed E-state index contributed by atoms with van der Waals surface area (Å²) in [5, 5.41) is 0.246. The minimum absolute atomic E-state index is 0.00470. The number of carbonyl (C=O) groups excluding carboxylic acids is 1. The average molecular weight is 229 g/mol. The second kappa shape index (κ2) is 4.14. The first-order valence-corrected chi connectivity index (χ1v) is 4.86. The van der Waals surface area contributed by atoms with Gasteiger partial charge in [-0.25, -0.2) is 14.8 Å². The number of carbonyl (C=O) groups is 1. The Bertz CT molecular complexity index is 385. The smallest absolute Gasteiger partial charge is 0.376 e. The van der Waals surface area contributed by atoms with Gasteiger partial charge < -0.3 is 4.74 Å². The van der Waals surface area contributed by atoms with Gasteiger partial charge in [0.1, 0.15) is 5.15 Å². The van der Waals surface area contributed by atoms with Crippen LogP contribution < -0.4 is 0 Å². The number of methoxy groups -OCH3 is 1. The van der Waals surface area contributed by atoms with Crippen molar-refractivity contribution in [2.45, 2.75) is 26.2 Å². The van der Waals surface area contributed by atoms with E-state index in [2.05, 4.69) is 14.7 Å². The van der Waals surface area contributed by atoms with Crippen LogP contribution in [0.4, 0.5) is 0 Å². The highest BCUT2D eigenvalue weighted by atomic mass is 35.5. The maximum atomic E-state index is 11.2. The molecule has 0 aromatic carbocycles. The number of rotatable bonds is 1. The molecule has 15 heavy (non-hydrogen) atoms. The Hall–Kier alpha value is -1.16. The van der Waals surface area contributed by atoms with E-state index in [0.29, 0.717) is 5.69 Å². The van der Waals surface area contributed by atoms with Crippen LogP contribution in [0, 0.1) is 0 Å². The number of aromatic nitrogens is 2. The summed E-state index contributed by atoms with van der Waals surface area (Å²) in [5.74, 6) is -0.585. The molecule has 1 aromatic rings. The van der Waals surface area contributed by atoms with Crippen molar-refractivity contribution in [1.29, 1.82) is 0 Å². The van der Waals surface area contributed by atoms with E-state index in [1.54, 1.807) is 6.07 Å². The van der Waals surface area contributed by atoms with Crippen molar-refractivity contribution in [3.8, 4) is 0 Å². The van der Waals surface area contributed by atoms with Crippen LogP contribution in [0.3, 0.4) is 0 Å². The van der Waals surface area contributed by atoms with Gasteiger partial charge in [-0.2, -0.15) is 0 Å². The molecule has 4 nitrogen and oxygen atoms in total. The Labute approximate surface area is 93.6 Å². The minimum Gasteiger partial charge on any atom is -0.463 e. The van der Waals surface area contributed by atoms with Crippen LogP contribution in [0.15, 0.2) is 6.07 Å². The van der Waals surface area contributed by atoms with Crippen molar-refractivity contribution in [3.05, 3.63) is 22.7 Å². The van der Waals surface area contributed by atoms with Crippen molar-refractivity contribution in [1.82, 2.24) is 9.97 Å². The van der Waals surface area contributed by atoms with E-state index < -0.39 is 5.97 Å². The molecule has 0 saturated heterocycles. The van der Waals surface area contributed by atoms with Gasteiger partial charge in [0.2, 0.25) is 5.82 Å². The summed E-state index contributed by atoms with van der Waals surface area (Å²) in [4.78, 5) is 19.1. The van der Waals surface area contributed by atoms with Gasteiger partial charge in [-0.3, -0.25) is 0 Å². The SMILES string of the molecule is COC(=O)c1nc(Cl)cc(C(C)(C)C)n1. The maximum absolute atomic E-state index is 11.2. The summed E-state index contributed by atoms with van der Waals surface area (Å²) in [5.41, 5.74) is 0.526. The quantitative estimate of drug-likeness (QED) is 0.546. The largest absolute Gasteiger partial charge is 0.463 e. The summed E-state index contributed by atoms with van der Waals surface area (Å²) >= 11 is 5.80. The highest BCUT2D eigenvalue weighted by Crippen LogP contribution is 2.22. The van der Waals surface area contributed by atoms with E-state index in [-0.39, 0.29) is 16.4 Å². The molecule has 0 N–H and O–H groups in total. The summed E-state index contributed by atoms with van der Waals surface area (Å²) in [7, 11) is 1.28. The van der Waals surface area contributed by atoms with Crippen LogP contribution >= 0.6 is 11.6 Å². The fourth-order valence-electron chi connectivity index (χ4n) is 0.984. The zero-order valence-corrected chi connectivity index (χ0v) is 9.92. The standard InChI is InChI=1S/C10H13ClN2O2/c1-10(2,3)6-5-7(11)13-8(12-6)9(14)15-4/h5H,1-4H3. The van der Waals surface area contributed by atoms with Gasteiger partial charge in [-0.1, -0.05) is 32.4 Å². The molecule has 0 bridgehead atoms. The first-order chi connectivity index (χ1) is 6.84. The lowest BCUT2D eigenvalue weighted by molar-refractivity contribution is 0.0586.